The molecule has 1 unspecified atom stereocenters. The first-order valence-electron chi connectivity index (χ1n) is 8.42. The molecule has 28 heavy (non-hydrogen) atoms. The molecule has 0 aliphatic heterocycles. The summed E-state index contributed by atoms with van der Waals surface area (Å²) >= 11 is 0. The summed E-state index contributed by atoms with van der Waals surface area (Å²) in [6.45, 7) is 5.88. The van der Waals surface area contributed by atoms with E-state index < -0.39 is 15.5 Å². The lowest BCUT2D eigenvalue weighted by atomic mass is 10.1. The third kappa shape index (κ3) is 5.62. The quantitative estimate of drug-likeness (QED) is 0.352. The number of allylic oxidation sites excluding steroid dienone is 2. The molecular weight excluding hydrogens is 381 g/mol. The number of methoxy groups -OCH3 is 1. The summed E-state index contributed by atoms with van der Waals surface area (Å²) in [6.07, 6.45) is 4.33. The summed E-state index contributed by atoms with van der Waals surface area (Å²) < 4.78 is 31.6. The Morgan fingerprint density at radius 3 is 2.75 bits per heavy atom. The molecule has 2 rings (SSSR count). The number of ether oxygens (including phenoxy) is 1. The highest BCUT2D eigenvalue weighted by atomic mass is 32.2. The lowest BCUT2D eigenvalue weighted by Gasteiger charge is -2.12. The van der Waals surface area contributed by atoms with Crippen molar-refractivity contribution in [2.24, 2.45) is 10.9 Å². The number of hydrogen-bond donors (Lipinski definition) is 3. The number of anilines is 2. The minimum absolute atomic E-state index is 0.190. The van der Waals surface area contributed by atoms with E-state index in [1.54, 1.807) is 31.3 Å². The molecular formula is C19H24FN5O2S. The van der Waals surface area contributed by atoms with Gasteiger partial charge in [0.2, 0.25) is 0 Å². The highest BCUT2D eigenvalue weighted by Crippen LogP contribution is 2.26. The molecule has 1 atom stereocenters. The van der Waals surface area contributed by atoms with E-state index in [1.165, 1.54) is 18.5 Å². The van der Waals surface area contributed by atoms with E-state index in [4.69, 9.17) is 15.6 Å². The predicted molar refractivity (Wildman–Crippen MR) is 113 cm³/mol. The number of pyridine rings is 2. The van der Waals surface area contributed by atoms with Crippen LogP contribution in [0.25, 0.3) is 5.57 Å². The van der Waals surface area contributed by atoms with Crippen molar-refractivity contribution >= 4 is 32.3 Å². The molecule has 2 aromatic rings. The lowest BCUT2D eigenvalue weighted by Crippen LogP contribution is -2.25. The summed E-state index contributed by atoms with van der Waals surface area (Å²) in [7, 11) is -1.17. The minimum Gasteiger partial charge on any atom is -0.496 e. The average molecular weight is 405 g/mol. The molecule has 0 bridgehead atoms. The van der Waals surface area contributed by atoms with Crippen molar-refractivity contribution in [1.82, 2.24) is 9.97 Å². The van der Waals surface area contributed by atoms with Crippen LogP contribution in [0.2, 0.25) is 0 Å². The summed E-state index contributed by atoms with van der Waals surface area (Å²) in [5, 5.41) is 10.2. The van der Waals surface area contributed by atoms with Crippen molar-refractivity contribution < 1.29 is 13.3 Å². The Kier molecular flexibility index (Phi) is 7.27. The second-order valence-electron chi connectivity index (χ2n) is 5.87. The third-order valence-corrected chi connectivity index (χ3v) is 5.32. The maximum Gasteiger partial charge on any atom is 0.149 e. The van der Waals surface area contributed by atoms with Crippen LogP contribution < -0.4 is 16.2 Å². The Morgan fingerprint density at radius 1 is 1.39 bits per heavy atom. The van der Waals surface area contributed by atoms with Crippen molar-refractivity contribution in [3.05, 3.63) is 66.0 Å². The van der Waals surface area contributed by atoms with Gasteiger partial charge in [0.1, 0.15) is 23.2 Å². The van der Waals surface area contributed by atoms with E-state index in [9.17, 15) is 8.60 Å². The van der Waals surface area contributed by atoms with Gasteiger partial charge in [-0.05, 0) is 36.8 Å². The molecule has 0 amide bonds. The molecule has 7 nitrogen and oxygen atoms in total. The van der Waals surface area contributed by atoms with Crippen LogP contribution in [0.5, 0.6) is 0 Å². The van der Waals surface area contributed by atoms with Gasteiger partial charge in [0.15, 0.2) is 0 Å². The normalized spacial score (nSPS) is 13.5. The molecule has 0 fully saturated rings. The maximum absolute atomic E-state index is 14.2. The van der Waals surface area contributed by atoms with E-state index in [0.29, 0.717) is 28.5 Å². The molecule has 9 heteroatoms. The standard InChI is InChI=1S/C19H24FN5O2S/c1-4-17(27-3)13(2)15-10-19(24-11-16(15)20)25-18-9-14(5-7-23-18)12-28(22,26)8-6-21/h4-5,7,9-12H,2,6,8,21H2,1,3H3,(H2,22,26)(H,23,24,25). The number of nitrogens with one attached hydrogen (secondary N) is 1. The van der Waals surface area contributed by atoms with Crippen molar-refractivity contribution in [3.63, 3.8) is 0 Å². The van der Waals surface area contributed by atoms with E-state index in [2.05, 4.69) is 21.9 Å². The van der Waals surface area contributed by atoms with Gasteiger partial charge in [-0.15, -0.1) is 0 Å². The zero-order valence-electron chi connectivity index (χ0n) is 15.8. The second kappa shape index (κ2) is 9.45. The molecule has 2 heterocycles. The molecule has 0 aromatic carbocycles. The molecule has 150 valence electrons. The maximum atomic E-state index is 14.2. The molecule has 2 aromatic heterocycles. The van der Waals surface area contributed by atoms with Gasteiger partial charge in [0.25, 0.3) is 0 Å². The second-order valence-corrected chi connectivity index (χ2v) is 8.08. The molecule has 0 saturated carbocycles. The first kappa shape index (κ1) is 21.5. The van der Waals surface area contributed by atoms with Crippen LogP contribution in [0.15, 0.2) is 49.0 Å². The van der Waals surface area contributed by atoms with Crippen LogP contribution in [0.4, 0.5) is 16.0 Å². The Morgan fingerprint density at radius 2 is 2.11 bits per heavy atom. The Hall–Kier alpha value is -2.75. The van der Waals surface area contributed by atoms with Gasteiger partial charge in [-0.25, -0.2) is 14.4 Å². The summed E-state index contributed by atoms with van der Waals surface area (Å²) in [4.78, 5) is 8.22. The largest absolute Gasteiger partial charge is 0.496 e. The van der Waals surface area contributed by atoms with Crippen molar-refractivity contribution in [2.75, 3.05) is 24.7 Å². The van der Waals surface area contributed by atoms with Gasteiger partial charge in [0.05, 0.1) is 13.3 Å². The van der Waals surface area contributed by atoms with Crippen LogP contribution in [0.3, 0.4) is 0 Å². The van der Waals surface area contributed by atoms with E-state index in [1.807, 2.05) is 0 Å². The molecule has 0 radical (unpaired) electrons. The van der Waals surface area contributed by atoms with Crippen LogP contribution in [-0.2, 0) is 14.4 Å². The fourth-order valence-corrected chi connectivity index (χ4v) is 3.57. The summed E-state index contributed by atoms with van der Waals surface area (Å²) in [6, 6.07) is 4.85. The highest BCUT2D eigenvalue weighted by molar-refractivity contribution is 7.99. The Labute approximate surface area is 164 Å². The van der Waals surface area contributed by atoms with E-state index in [-0.39, 0.29) is 17.9 Å². The predicted octanol–water partition coefficient (Wildman–Crippen LogP) is 2.19. The highest BCUT2D eigenvalue weighted by Gasteiger charge is 2.13. The number of hydrogen-bond acceptors (Lipinski definition) is 6. The van der Waals surface area contributed by atoms with Crippen molar-refractivity contribution in [1.29, 1.82) is 0 Å². The van der Waals surface area contributed by atoms with Gasteiger partial charge in [-0.1, -0.05) is 6.58 Å². The van der Waals surface area contributed by atoms with E-state index >= 15 is 0 Å². The smallest absolute Gasteiger partial charge is 0.149 e. The molecule has 0 aliphatic carbocycles. The monoisotopic (exact) mass is 405 g/mol. The topological polar surface area (TPSA) is 116 Å². The molecule has 0 aliphatic rings. The molecule has 0 spiro atoms. The zero-order valence-corrected chi connectivity index (χ0v) is 16.6. The van der Waals surface area contributed by atoms with E-state index in [0.717, 1.165) is 6.20 Å². The zero-order chi connectivity index (χ0) is 20.7. The third-order valence-electron chi connectivity index (χ3n) is 3.77. The fraction of sp³-hybridized carbons (Fsp3) is 0.211. The van der Waals surface area contributed by atoms with Gasteiger partial charge in [0, 0.05) is 44.7 Å². The van der Waals surface area contributed by atoms with Crippen molar-refractivity contribution in [2.45, 2.75) is 6.92 Å². The van der Waals surface area contributed by atoms with Gasteiger partial charge < -0.3 is 15.8 Å². The SMILES string of the molecule is C=C(C(=CC)OC)c1cc(Nc2cc(C=S(N)(=O)CCN)ccn2)ncc1F. The molecule has 0 saturated heterocycles. The van der Waals surface area contributed by atoms with Crippen LogP contribution >= 0.6 is 0 Å². The number of nitrogens with zero attached hydrogens (tertiary/aromatic N) is 2. The van der Waals surface area contributed by atoms with Crippen LogP contribution in [0.1, 0.15) is 18.1 Å². The molecule has 5 N–H and O–H groups in total. The van der Waals surface area contributed by atoms with Gasteiger partial charge >= 0.3 is 0 Å². The number of rotatable bonds is 8. The first-order chi connectivity index (χ1) is 13.3. The summed E-state index contributed by atoms with van der Waals surface area (Å²) in [5.74, 6) is 0.931. The Bertz CT molecular complexity index is 1010. The van der Waals surface area contributed by atoms with Crippen LogP contribution in [-0.4, -0.2) is 39.0 Å². The fourth-order valence-electron chi connectivity index (χ4n) is 2.48. The number of halogens is 1. The first-order valence-corrected chi connectivity index (χ1v) is 10.3. The van der Waals surface area contributed by atoms with Crippen molar-refractivity contribution in [3.8, 4) is 0 Å². The number of nitrogens with two attached hydrogens (primary N) is 2. The average Bonchev–Trinajstić information content (AvgIpc) is 2.64. The minimum atomic E-state index is -2.67. The van der Waals surface area contributed by atoms with Gasteiger partial charge in [-0.2, -0.15) is 0 Å². The lowest BCUT2D eigenvalue weighted by molar-refractivity contribution is 0.310. The summed E-state index contributed by atoms with van der Waals surface area (Å²) in [5.41, 5.74) is 6.70. The Balaban J connectivity index is 2.32. The van der Waals surface area contributed by atoms with Gasteiger partial charge in [-0.3, -0.25) is 9.35 Å². The number of aromatic nitrogens is 2. The van der Waals surface area contributed by atoms with Crippen LogP contribution in [0, 0.1) is 5.82 Å².